The predicted octanol–water partition coefficient (Wildman–Crippen LogP) is -1.61. The van der Waals surface area contributed by atoms with Crippen LogP contribution in [0.25, 0.3) is 5.65 Å². The molecule has 0 radical (unpaired) electrons. The molecule has 9 heteroatoms. The minimum atomic E-state index is 0.104. The zero-order valence-electron chi connectivity index (χ0n) is 11.2. The lowest BCUT2D eigenvalue weighted by molar-refractivity contribution is -0.130. The van der Waals surface area contributed by atoms with E-state index < -0.39 is 0 Å². The fraction of sp³-hybridized carbons (Fsp3) is 0.545. The van der Waals surface area contributed by atoms with Gasteiger partial charge >= 0.3 is 0 Å². The minimum absolute atomic E-state index is 0.104. The molecule has 0 spiro atoms. The molecule has 1 fully saturated rings. The number of rotatable bonds is 3. The van der Waals surface area contributed by atoms with Crippen LogP contribution in [0.5, 0.6) is 0 Å². The van der Waals surface area contributed by atoms with Gasteiger partial charge in [-0.15, -0.1) is 14.8 Å². The fourth-order valence-electron chi connectivity index (χ4n) is 2.14. The van der Waals surface area contributed by atoms with Crippen molar-refractivity contribution in [3.63, 3.8) is 0 Å². The molecule has 3 rings (SSSR count). The van der Waals surface area contributed by atoms with Gasteiger partial charge < -0.3 is 15.1 Å². The first-order valence-electron chi connectivity index (χ1n) is 6.49. The highest BCUT2D eigenvalue weighted by Crippen LogP contribution is 2.09. The van der Waals surface area contributed by atoms with Crippen LogP contribution < -0.4 is 10.2 Å². The van der Waals surface area contributed by atoms with Gasteiger partial charge in [0.05, 0.1) is 6.54 Å². The Morgan fingerprint density at radius 1 is 1.40 bits per heavy atom. The van der Waals surface area contributed by atoms with Gasteiger partial charge in [-0.2, -0.15) is 0 Å². The van der Waals surface area contributed by atoms with E-state index in [1.54, 1.807) is 17.0 Å². The van der Waals surface area contributed by atoms with Gasteiger partial charge in [0.1, 0.15) is 0 Å². The van der Waals surface area contributed by atoms with Gasteiger partial charge in [-0.3, -0.25) is 4.79 Å². The second-order valence-electron chi connectivity index (χ2n) is 4.70. The second kappa shape index (κ2) is 5.37. The van der Waals surface area contributed by atoms with Crippen LogP contribution in [0.1, 0.15) is 0 Å². The number of hydrogen-bond acceptors (Lipinski definition) is 7. The molecule has 0 atom stereocenters. The van der Waals surface area contributed by atoms with Crippen molar-refractivity contribution in [2.24, 2.45) is 0 Å². The Labute approximate surface area is 115 Å². The Kier molecular flexibility index (Phi) is 3.42. The Hall–Kier alpha value is -2.29. The van der Waals surface area contributed by atoms with Crippen molar-refractivity contribution in [3.8, 4) is 0 Å². The molecular weight excluding hydrogens is 260 g/mol. The molecule has 106 valence electrons. The molecule has 1 aliphatic rings. The highest BCUT2D eigenvalue weighted by Gasteiger charge is 2.18. The number of aromatic nitrogens is 5. The summed E-state index contributed by atoms with van der Waals surface area (Å²) in [5.41, 5.74) is 0.579. The summed E-state index contributed by atoms with van der Waals surface area (Å²) in [6.07, 6.45) is 0. The smallest absolute Gasteiger partial charge is 0.242 e. The molecule has 20 heavy (non-hydrogen) atoms. The molecule has 2 aromatic rings. The summed E-state index contributed by atoms with van der Waals surface area (Å²) >= 11 is 0. The maximum absolute atomic E-state index is 12.2. The summed E-state index contributed by atoms with van der Waals surface area (Å²) in [6.45, 7) is 3.51. The quantitative estimate of drug-likeness (QED) is 0.721. The van der Waals surface area contributed by atoms with Gasteiger partial charge in [0.15, 0.2) is 11.5 Å². The molecule has 1 saturated heterocycles. The zero-order chi connectivity index (χ0) is 13.9. The monoisotopic (exact) mass is 276 g/mol. The number of carbonyl (C=O) groups is 1. The third kappa shape index (κ3) is 2.52. The summed E-state index contributed by atoms with van der Waals surface area (Å²) in [4.78, 5) is 15.8. The number of nitrogens with zero attached hydrogens (tertiary/aromatic N) is 7. The van der Waals surface area contributed by atoms with Crippen molar-refractivity contribution in [2.75, 3.05) is 44.7 Å². The number of hydrogen-bond donors (Lipinski definition) is 1. The van der Waals surface area contributed by atoms with E-state index in [1.165, 1.54) is 4.63 Å². The van der Waals surface area contributed by atoms with Gasteiger partial charge in [0, 0.05) is 33.2 Å². The predicted molar refractivity (Wildman–Crippen MR) is 71.3 cm³/mol. The van der Waals surface area contributed by atoms with Crippen molar-refractivity contribution >= 4 is 17.4 Å². The molecule has 1 amide bonds. The van der Waals surface area contributed by atoms with E-state index in [-0.39, 0.29) is 5.91 Å². The molecule has 9 nitrogen and oxygen atoms in total. The maximum atomic E-state index is 12.2. The number of piperazine rings is 1. The average Bonchev–Trinajstić information content (AvgIpc) is 2.95. The summed E-state index contributed by atoms with van der Waals surface area (Å²) < 4.78 is 1.35. The van der Waals surface area contributed by atoms with Crippen LogP contribution in [-0.2, 0) is 4.79 Å². The SMILES string of the molecule is CN(CC(=O)N1CCNCC1)c1ccc2nnnn2n1. The highest BCUT2D eigenvalue weighted by molar-refractivity contribution is 5.81. The normalized spacial score (nSPS) is 15.6. The van der Waals surface area contributed by atoms with Crippen LogP contribution in [0, 0.1) is 0 Å². The van der Waals surface area contributed by atoms with Gasteiger partial charge in [0.2, 0.25) is 5.91 Å². The molecule has 0 saturated carbocycles. The van der Waals surface area contributed by atoms with E-state index in [1.807, 2.05) is 11.9 Å². The first-order valence-corrected chi connectivity index (χ1v) is 6.49. The third-order valence-electron chi connectivity index (χ3n) is 3.29. The molecule has 0 unspecified atom stereocenters. The molecule has 1 N–H and O–H groups in total. The second-order valence-corrected chi connectivity index (χ2v) is 4.70. The number of tetrazole rings is 1. The van der Waals surface area contributed by atoms with E-state index in [0.29, 0.717) is 18.0 Å². The topological polar surface area (TPSA) is 91.5 Å². The lowest BCUT2D eigenvalue weighted by Crippen LogP contribution is -2.49. The number of fused-ring (bicyclic) bond motifs is 1. The Morgan fingerprint density at radius 2 is 2.20 bits per heavy atom. The van der Waals surface area contributed by atoms with Crippen molar-refractivity contribution in [1.29, 1.82) is 0 Å². The van der Waals surface area contributed by atoms with Crippen LogP contribution in [0.4, 0.5) is 5.82 Å². The van der Waals surface area contributed by atoms with Crippen molar-refractivity contribution in [1.82, 2.24) is 35.5 Å². The largest absolute Gasteiger partial charge is 0.349 e. The summed E-state index contributed by atoms with van der Waals surface area (Å²) in [5.74, 6) is 0.765. The van der Waals surface area contributed by atoms with E-state index in [4.69, 9.17) is 0 Å². The van der Waals surface area contributed by atoms with Crippen LogP contribution in [0.2, 0.25) is 0 Å². The molecule has 0 aliphatic carbocycles. The average molecular weight is 276 g/mol. The number of likely N-dealkylation sites (N-methyl/N-ethyl adjacent to an activating group) is 1. The highest BCUT2D eigenvalue weighted by atomic mass is 16.2. The zero-order valence-corrected chi connectivity index (χ0v) is 11.2. The number of nitrogens with one attached hydrogen (secondary N) is 1. The van der Waals surface area contributed by atoms with Crippen LogP contribution in [0.3, 0.4) is 0 Å². The number of amides is 1. The molecular formula is C11H16N8O. The third-order valence-corrected chi connectivity index (χ3v) is 3.29. The van der Waals surface area contributed by atoms with Crippen LogP contribution in [0.15, 0.2) is 12.1 Å². The Balaban J connectivity index is 1.68. The van der Waals surface area contributed by atoms with E-state index >= 15 is 0 Å². The van der Waals surface area contributed by atoms with Crippen molar-refractivity contribution < 1.29 is 4.79 Å². The van der Waals surface area contributed by atoms with E-state index in [2.05, 4.69) is 25.9 Å². The first kappa shape index (κ1) is 12.7. The van der Waals surface area contributed by atoms with Crippen molar-refractivity contribution in [2.45, 2.75) is 0 Å². The fourth-order valence-corrected chi connectivity index (χ4v) is 2.14. The standard InChI is InChI=1S/C11H16N8O/c1-17(8-11(20)18-6-4-12-5-7-18)10-3-2-9-13-15-16-19(9)14-10/h2-3,12H,4-8H2,1H3. The molecule has 1 aliphatic heterocycles. The summed E-state index contributed by atoms with van der Waals surface area (Å²) in [7, 11) is 1.83. The summed E-state index contributed by atoms with van der Waals surface area (Å²) in [5, 5.41) is 18.6. The Morgan fingerprint density at radius 3 is 3.00 bits per heavy atom. The maximum Gasteiger partial charge on any atom is 0.242 e. The Bertz CT molecular complexity index is 605. The minimum Gasteiger partial charge on any atom is -0.349 e. The number of carbonyl (C=O) groups excluding carboxylic acids is 1. The lowest BCUT2D eigenvalue weighted by Gasteiger charge is -2.29. The number of anilines is 1. The molecule has 0 bridgehead atoms. The molecule has 3 heterocycles. The van der Waals surface area contributed by atoms with Crippen LogP contribution in [-0.4, -0.2) is 75.8 Å². The molecule has 2 aromatic heterocycles. The lowest BCUT2D eigenvalue weighted by atomic mass is 10.3. The van der Waals surface area contributed by atoms with Crippen molar-refractivity contribution in [3.05, 3.63) is 12.1 Å². The van der Waals surface area contributed by atoms with E-state index in [0.717, 1.165) is 26.2 Å². The molecule has 0 aromatic carbocycles. The van der Waals surface area contributed by atoms with Gasteiger partial charge in [-0.25, -0.2) is 0 Å². The van der Waals surface area contributed by atoms with Crippen LogP contribution >= 0.6 is 0 Å². The summed E-state index contributed by atoms with van der Waals surface area (Å²) in [6, 6.07) is 3.57. The van der Waals surface area contributed by atoms with Gasteiger partial charge in [-0.1, -0.05) is 0 Å². The van der Waals surface area contributed by atoms with Gasteiger partial charge in [-0.05, 0) is 22.6 Å². The van der Waals surface area contributed by atoms with Gasteiger partial charge in [0.25, 0.3) is 0 Å². The van der Waals surface area contributed by atoms with E-state index in [9.17, 15) is 4.79 Å². The first-order chi connectivity index (χ1) is 9.74.